The summed E-state index contributed by atoms with van der Waals surface area (Å²) in [6, 6.07) is 10.3. The number of thiazole rings is 1. The molecule has 96 valence electrons. The summed E-state index contributed by atoms with van der Waals surface area (Å²) in [5.74, 6) is 2.27. The molecule has 0 fully saturated rings. The molecule has 2 rings (SSSR count). The molecule has 2 aromatic rings. The Labute approximate surface area is 116 Å². The summed E-state index contributed by atoms with van der Waals surface area (Å²) >= 11 is 3.53. The van der Waals surface area contributed by atoms with E-state index in [0.717, 1.165) is 22.2 Å². The van der Waals surface area contributed by atoms with Crippen LogP contribution in [0.15, 0.2) is 35.7 Å². The van der Waals surface area contributed by atoms with Gasteiger partial charge in [0.25, 0.3) is 0 Å². The second-order valence-corrected chi connectivity index (χ2v) is 6.20. The van der Waals surface area contributed by atoms with E-state index in [0.29, 0.717) is 5.92 Å². The van der Waals surface area contributed by atoms with Crippen LogP contribution in [0.5, 0.6) is 0 Å². The summed E-state index contributed by atoms with van der Waals surface area (Å²) in [5.41, 5.74) is 2.32. The fourth-order valence-electron chi connectivity index (χ4n) is 1.50. The number of hydrogen-bond acceptors (Lipinski definition) is 4. The molecule has 1 aromatic carbocycles. The van der Waals surface area contributed by atoms with Crippen molar-refractivity contribution < 1.29 is 5.11 Å². The van der Waals surface area contributed by atoms with Crippen LogP contribution in [-0.2, 0) is 5.75 Å². The van der Waals surface area contributed by atoms with Gasteiger partial charge in [0.1, 0.15) is 5.01 Å². The predicted octanol–water partition coefficient (Wildman–Crippen LogP) is 3.67. The highest BCUT2D eigenvalue weighted by atomic mass is 32.2. The second-order valence-electron chi connectivity index (χ2n) is 4.31. The molecule has 1 atom stereocenters. The van der Waals surface area contributed by atoms with E-state index in [9.17, 15) is 0 Å². The van der Waals surface area contributed by atoms with Crippen molar-refractivity contribution in [3.63, 3.8) is 0 Å². The van der Waals surface area contributed by atoms with Crippen molar-refractivity contribution in [1.82, 2.24) is 4.98 Å². The van der Waals surface area contributed by atoms with Gasteiger partial charge in [-0.3, -0.25) is 0 Å². The van der Waals surface area contributed by atoms with E-state index >= 15 is 0 Å². The van der Waals surface area contributed by atoms with Gasteiger partial charge < -0.3 is 5.11 Å². The lowest BCUT2D eigenvalue weighted by Crippen LogP contribution is -2.03. The largest absolute Gasteiger partial charge is 0.396 e. The van der Waals surface area contributed by atoms with Crippen molar-refractivity contribution >= 4 is 23.1 Å². The molecule has 1 unspecified atom stereocenters. The number of rotatable bonds is 6. The van der Waals surface area contributed by atoms with Crippen molar-refractivity contribution in [2.24, 2.45) is 5.92 Å². The Morgan fingerprint density at radius 3 is 2.83 bits per heavy atom. The summed E-state index contributed by atoms with van der Waals surface area (Å²) in [7, 11) is 0. The third-order valence-electron chi connectivity index (χ3n) is 2.54. The SMILES string of the molecule is CC(CO)CSCc1csc(-c2ccccc2)n1. The number of hydrogen-bond donors (Lipinski definition) is 1. The van der Waals surface area contributed by atoms with E-state index in [4.69, 9.17) is 5.11 Å². The summed E-state index contributed by atoms with van der Waals surface area (Å²) in [6.45, 7) is 2.32. The Morgan fingerprint density at radius 2 is 2.11 bits per heavy atom. The molecule has 1 heterocycles. The number of thioether (sulfide) groups is 1. The quantitative estimate of drug-likeness (QED) is 0.876. The van der Waals surface area contributed by atoms with Gasteiger partial charge in [-0.2, -0.15) is 11.8 Å². The topological polar surface area (TPSA) is 33.1 Å². The maximum Gasteiger partial charge on any atom is 0.123 e. The van der Waals surface area contributed by atoms with Crippen LogP contribution >= 0.6 is 23.1 Å². The van der Waals surface area contributed by atoms with Crippen LogP contribution in [0.3, 0.4) is 0 Å². The summed E-state index contributed by atoms with van der Waals surface area (Å²) in [4.78, 5) is 4.64. The lowest BCUT2D eigenvalue weighted by molar-refractivity contribution is 0.250. The standard InChI is InChI=1S/C14H17NOS2/c1-11(7-16)8-17-9-13-10-18-14(15-13)12-5-3-2-4-6-12/h2-6,10-11,16H,7-9H2,1H3. The van der Waals surface area contributed by atoms with Crippen LogP contribution in [-0.4, -0.2) is 22.5 Å². The number of aliphatic hydroxyl groups excluding tert-OH is 1. The van der Waals surface area contributed by atoms with E-state index in [1.54, 1.807) is 11.3 Å². The highest BCUT2D eigenvalue weighted by molar-refractivity contribution is 7.98. The van der Waals surface area contributed by atoms with Crippen LogP contribution in [0.25, 0.3) is 10.6 Å². The van der Waals surface area contributed by atoms with E-state index in [-0.39, 0.29) is 6.61 Å². The average molecular weight is 279 g/mol. The maximum absolute atomic E-state index is 8.96. The van der Waals surface area contributed by atoms with E-state index < -0.39 is 0 Å². The van der Waals surface area contributed by atoms with Crippen LogP contribution in [0.4, 0.5) is 0 Å². The van der Waals surface area contributed by atoms with E-state index in [1.807, 2.05) is 30.0 Å². The van der Waals surface area contributed by atoms with Gasteiger partial charge in [-0.25, -0.2) is 4.98 Å². The van der Waals surface area contributed by atoms with Gasteiger partial charge >= 0.3 is 0 Å². The van der Waals surface area contributed by atoms with Crippen molar-refractivity contribution in [2.75, 3.05) is 12.4 Å². The molecule has 2 nitrogen and oxygen atoms in total. The molecule has 1 aromatic heterocycles. The minimum absolute atomic E-state index is 0.263. The average Bonchev–Trinajstić information content (AvgIpc) is 2.88. The van der Waals surface area contributed by atoms with Crippen molar-refractivity contribution in [2.45, 2.75) is 12.7 Å². The molecule has 0 saturated heterocycles. The fourth-order valence-corrected chi connectivity index (χ4v) is 3.42. The van der Waals surface area contributed by atoms with Gasteiger partial charge in [0.05, 0.1) is 5.69 Å². The molecule has 18 heavy (non-hydrogen) atoms. The summed E-state index contributed by atoms with van der Waals surface area (Å²) in [5, 5.41) is 12.2. The van der Waals surface area contributed by atoms with Gasteiger partial charge in [0, 0.05) is 23.3 Å². The van der Waals surface area contributed by atoms with Crippen LogP contribution in [0, 0.1) is 5.92 Å². The zero-order chi connectivity index (χ0) is 12.8. The number of aromatic nitrogens is 1. The monoisotopic (exact) mass is 279 g/mol. The molecule has 0 amide bonds. The zero-order valence-electron chi connectivity index (χ0n) is 10.4. The van der Waals surface area contributed by atoms with Gasteiger partial charge in [-0.15, -0.1) is 11.3 Å². The number of aliphatic hydroxyl groups is 1. The highest BCUT2D eigenvalue weighted by Crippen LogP contribution is 2.25. The number of nitrogens with zero attached hydrogens (tertiary/aromatic N) is 1. The van der Waals surface area contributed by atoms with E-state index in [2.05, 4.69) is 29.4 Å². The van der Waals surface area contributed by atoms with Crippen LogP contribution in [0.1, 0.15) is 12.6 Å². The molecule has 0 aliphatic rings. The minimum Gasteiger partial charge on any atom is -0.396 e. The molecule has 1 N–H and O–H groups in total. The first-order chi connectivity index (χ1) is 8.79. The number of benzene rings is 1. The highest BCUT2D eigenvalue weighted by Gasteiger charge is 2.05. The molecule has 0 saturated carbocycles. The molecular formula is C14H17NOS2. The molecule has 0 aliphatic heterocycles. The van der Waals surface area contributed by atoms with Crippen molar-refractivity contribution in [3.8, 4) is 10.6 Å². The first-order valence-corrected chi connectivity index (χ1v) is 8.01. The first kappa shape index (κ1) is 13.6. The van der Waals surface area contributed by atoms with Crippen LogP contribution in [0.2, 0.25) is 0 Å². The van der Waals surface area contributed by atoms with Crippen molar-refractivity contribution in [3.05, 3.63) is 41.4 Å². The molecule has 4 heteroatoms. The maximum atomic E-state index is 8.96. The van der Waals surface area contributed by atoms with E-state index in [1.165, 1.54) is 5.56 Å². The Balaban J connectivity index is 1.91. The first-order valence-electron chi connectivity index (χ1n) is 5.98. The Morgan fingerprint density at radius 1 is 1.33 bits per heavy atom. The lowest BCUT2D eigenvalue weighted by atomic mass is 10.2. The second kappa shape index (κ2) is 6.92. The predicted molar refractivity (Wildman–Crippen MR) is 80.0 cm³/mol. The summed E-state index contributed by atoms with van der Waals surface area (Å²) in [6.07, 6.45) is 0. The smallest absolute Gasteiger partial charge is 0.123 e. The molecule has 0 radical (unpaired) electrons. The van der Waals surface area contributed by atoms with Gasteiger partial charge in [0.15, 0.2) is 0 Å². The molecule has 0 spiro atoms. The third-order valence-corrected chi connectivity index (χ3v) is 4.78. The summed E-state index contributed by atoms with van der Waals surface area (Å²) < 4.78 is 0. The van der Waals surface area contributed by atoms with Crippen molar-refractivity contribution in [1.29, 1.82) is 0 Å². The Bertz CT molecular complexity index is 470. The Hall–Kier alpha value is -0.840. The van der Waals surface area contributed by atoms with Gasteiger partial charge in [-0.05, 0) is 11.7 Å². The minimum atomic E-state index is 0.263. The van der Waals surface area contributed by atoms with Gasteiger partial charge in [0.2, 0.25) is 0 Å². The lowest BCUT2D eigenvalue weighted by Gasteiger charge is -2.05. The van der Waals surface area contributed by atoms with Gasteiger partial charge in [-0.1, -0.05) is 37.3 Å². The zero-order valence-corrected chi connectivity index (χ0v) is 12.0. The fraction of sp³-hybridized carbons (Fsp3) is 0.357. The third kappa shape index (κ3) is 3.83. The molecular weight excluding hydrogens is 262 g/mol. The normalized spacial score (nSPS) is 12.6. The van der Waals surface area contributed by atoms with Crippen LogP contribution < -0.4 is 0 Å². The molecule has 0 bridgehead atoms. The Kier molecular flexibility index (Phi) is 5.23. The molecule has 0 aliphatic carbocycles.